The van der Waals surface area contributed by atoms with Crippen LogP contribution < -0.4 is 0 Å². The number of carbonyl (C=O) groups is 2. The lowest BCUT2D eigenvalue weighted by atomic mass is 10.1. The Labute approximate surface area is 121 Å². The number of piperazine rings is 1. The number of rotatable bonds is 4. The Morgan fingerprint density at radius 1 is 1.20 bits per heavy atom. The monoisotopic (exact) mass is 281 g/mol. The van der Waals surface area contributed by atoms with Gasteiger partial charge in [0, 0.05) is 46.2 Å². The molecule has 1 atom stereocenters. The normalized spacial score (nSPS) is 24.8. The zero-order valence-electron chi connectivity index (χ0n) is 13.0. The van der Waals surface area contributed by atoms with Gasteiger partial charge in [0.2, 0.25) is 11.8 Å². The standard InChI is InChI=1S/C15H27N3O2/c1-12(2)4-6-18-7-5-14(15(18)20)17-10-8-16(9-11-17)13(3)19/h12,14H,4-11H2,1-3H3. The lowest BCUT2D eigenvalue weighted by Crippen LogP contribution is -2.53. The number of amides is 2. The molecule has 5 nitrogen and oxygen atoms in total. The minimum Gasteiger partial charge on any atom is -0.341 e. The summed E-state index contributed by atoms with van der Waals surface area (Å²) in [5, 5.41) is 0. The number of carbonyl (C=O) groups excluding carboxylic acids is 2. The summed E-state index contributed by atoms with van der Waals surface area (Å²) in [6, 6.07) is 0.0521. The Morgan fingerprint density at radius 2 is 1.85 bits per heavy atom. The Morgan fingerprint density at radius 3 is 2.40 bits per heavy atom. The first-order valence-corrected chi connectivity index (χ1v) is 7.77. The molecule has 0 aromatic rings. The van der Waals surface area contributed by atoms with Gasteiger partial charge in [-0.3, -0.25) is 14.5 Å². The van der Waals surface area contributed by atoms with Crippen LogP contribution in [0.1, 0.15) is 33.6 Å². The quantitative estimate of drug-likeness (QED) is 0.765. The number of likely N-dealkylation sites (tertiary alicyclic amines) is 1. The van der Waals surface area contributed by atoms with Crippen LogP contribution in [0.3, 0.4) is 0 Å². The number of nitrogens with zero attached hydrogens (tertiary/aromatic N) is 3. The number of hydrogen-bond acceptors (Lipinski definition) is 3. The maximum absolute atomic E-state index is 12.4. The van der Waals surface area contributed by atoms with Crippen molar-refractivity contribution in [3.05, 3.63) is 0 Å². The molecule has 2 saturated heterocycles. The molecule has 0 bridgehead atoms. The van der Waals surface area contributed by atoms with E-state index in [4.69, 9.17) is 0 Å². The highest BCUT2D eigenvalue weighted by molar-refractivity contribution is 5.84. The summed E-state index contributed by atoms with van der Waals surface area (Å²) in [7, 11) is 0. The second-order valence-electron chi connectivity index (χ2n) is 6.35. The van der Waals surface area contributed by atoms with Gasteiger partial charge in [-0.1, -0.05) is 13.8 Å². The van der Waals surface area contributed by atoms with Crippen molar-refractivity contribution in [2.75, 3.05) is 39.3 Å². The van der Waals surface area contributed by atoms with Crippen LogP contribution in [-0.4, -0.2) is 71.8 Å². The van der Waals surface area contributed by atoms with Gasteiger partial charge < -0.3 is 9.80 Å². The van der Waals surface area contributed by atoms with Crippen molar-refractivity contribution in [3.63, 3.8) is 0 Å². The lowest BCUT2D eigenvalue weighted by Gasteiger charge is -2.36. The fourth-order valence-corrected chi connectivity index (χ4v) is 3.05. The van der Waals surface area contributed by atoms with Crippen LogP contribution in [0.15, 0.2) is 0 Å². The van der Waals surface area contributed by atoms with Gasteiger partial charge in [0.15, 0.2) is 0 Å². The molecule has 0 aromatic carbocycles. The molecule has 5 heteroatoms. The van der Waals surface area contributed by atoms with Crippen molar-refractivity contribution in [1.29, 1.82) is 0 Å². The van der Waals surface area contributed by atoms with Crippen molar-refractivity contribution in [3.8, 4) is 0 Å². The summed E-state index contributed by atoms with van der Waals surface area (Å²) in [5.74, 6) is 1.07. The van der Waals surface area contributed by atoms with Gasteiger partial charge in [-0.05, 0) is 18.8 Å². The summed E-state index contributed by atoms with van der Waals surface area (Å²) >= 11 is 0. The van der Waals surface area contributed by atoms with E-state index in [0.717, 1.165) is 52.1 Å². The maximum Gasteiger partial charge on any atom is 0.239 e. The van der Waals surface area contributed by atoms with Gasteiger partial charge in [0.05, 0.1) is 6.04 Å². The summed E-state index contributed by atoms with van der Waals surface area (Å²) in [4.78, 5) is 29.9. The molecule has 2 aliphatic heterocycles. The Balaban J connectivity index is 1.83. The van der Waals surface area contributed by atoms with Gasteiger partial charge in [-0.2, -0.15) is 0 Å². The topological polar surface area (TPSA) is 43.9 Å². The third-order valence-electron chi connectivity index (χ3n) is 4.45. The van der Waals surface area contributed by atoms with Gasteiger partial charge in [-0.15, -0.1) is 0 Å². The molecule has 0 spiro atoms. The highest BCUT2D eigenvalue weighted by atomic mass is 16.2. The van der Waals surface area contributed by atoms with E-state index in [0.29, 0.717) is 11.8 Å². The van der Waals surface area contributed by atoms with Gasteiger partial charge in [-0.25, -0.2) is 0 Å². The third-order valence-corrected chi connectivity index (χ3v) is 4.45. The molecule has 0 aliphatic carbocycles. The van der Waals surface area contributed by atoms with Crippen LogP contribution in [0.5, 0.6) is 0 Å². The maximum atomic E-state index is 12.4. The zero-order valence-corrected chi connectivity index (χ0v) is 13.0. The second-order valence-corrected chi connectivity index (χ2v) is 6.35. The van der Waals surface area contributed by atoms with Crippen LogP contribution in [0.4, 0.5) is 0 Å². The average Bonchev–Trinajstić information content (AvgIpc) is 2.78. The molecule has 0 radical (unpaired) electrons. The Bertz CT molecular complexity index is 362. The summed E-state index contributed by atoms with van der Waals surface area (Å²) < 4.78 is 0. The van der Waals surface area contributed by atoms with Crippen LogP contribution in [0, 0.1) is 5.92 Å². The first-order chi connectivity index (χ1) is 9.49. The molecule has 2 aliphatic rings. The smallest absolute Gasteiger partial charge is 0.239 e. The van der Waals surface area contributed by atoms with Gasteiger partial charge >= 0.3 is 0 Å². The average molecular weight is 281 g/mol. The fourth-order valence-electron chi connectivity index (χ4n) is 3.05. The van der Waals surface area contributed by atoms with Crippen LogP contribution in [-0.2, 0) is 9.59 Å². The largest absolute Gasteiger partial charge is 0.341 e. The molecule has 0 aromatic heterocycles. The molecule has 0 saturated carbocycles. The molecule has 2 rings (SSSR count). The molecule has 0 N–H and O–H groups in total. The van der Waals surface area contributed by atoms with Crippen molar-refractivity contribution in [2.45, 2.75) is 39.7 Å². The highest BCUT2D eigenvalue weighted by Crippen LogP contribution is 2.20. The highest BCUT2D eigenvalue weighted by Gasteiger charge is 2.36. The summed E-state index contributed by atoms with van der Waals surface area (Å²) in [5.41, 5.74) is 0. The van der Waals surface area contributed by atoms with Crippen molar-refractivity contribution < 1.29 is 9.59 Å². The van der Waals surface area contributed by atoms with E-state index < -0.39 is 0 Å². The van der Waals surface area contributed by atoms with E-state index in [1.807, 2.05) is 9.80 Å². The SMILES string of the molecule is CC(=O)N1CCN(C2CCN(CCC(C)C)C2=O)CC1. The van der Waals surface area contributed by atoms with Crippen LogP contribution >= 0.6 is 0 Å². The Hall–Kier alpha value is -1.10. The lowest BCUT2D eigenvalue weighted by molar-refractivity contribution is -0.134. The van der Waals surface area contributed by atoms with Crippen LogP contribution in [0.25, 0.3) is 0 Å². The Kier molecular flexibility index (Phi) is 5.02. The second kappa shape index (κ2) is 6.57. The number of hydrogen-bond donors (Lipinski definition) is 0. The first-order valence-electron chi connectivity index (χ1n) is 7.77. The molecule has 114 valence electrons. The zero-order chi connectivity index (χ0) is 14.7. The van der Waals surface area contributed by atoms with Gasteiger partial charge in [0.1, 0.15) is 0 Å². The third kappa shape index (κ3) is 3.51. The molecular formula is C15H27N3O2. The van der Waals surface area contributed by atoms with E-state index in [1.165, 1.54) is 0 Å². The van der Waals surface area contributed by atoms with E-state index >= 15 is 0 Å². The summed E-state index contributed by atoms with van der Waals surface area (Å²) in [6.07, 6.45) is 2.02. The van der Waals surface area contributed by atoms with E-state index in [-0.39, 0.29) is 11.9 Å². The fraction of sp³-hybridized carbons (Fsp3) is 0.867. The molecule has 2 fully saturated rings. The molecular weight excluding hydrogens is 254 g/mol. The predicted molar refractivity (Wildman–Crippen MR) is 78.3 cm³/mol. The van der Waals surface area contributed by atoms with Gasteiger partial charge in [0.25, 0.3) is 0 Å². The van der Waals surface area contributed by atoms with Crippen molar-refractivity contribution >= 4 is 11.8 Å². The van der Waals surface area contributed by atoms with Crippen LogP contribution in [0.2, 0.25) is 0 Å². The minimum atomic E-state index is 0.0521. The van der Waals surface area contributed by atoms with E-state index in [2.05, 4.69) is 18.7 Å². The van der Waals surface area contributed by atoms with Crippen molar-refractivity contribution in [1.82, 2.24) is 14.7 Å². The van der Waals surface area contributed by atoms with E-state index in [1.54, 1.807) is 6.92 Å². The first kappa shape index (κ1) is 15.3. The van der Waals surface area contributed by atoms with Crippen molar-refractivity contribution in [2.24, 2.45) is 5.92 Å². The summed E-state index contributed by atoms with van der Waals surface area (Å²) in [6.45, 7) is 10.9. The molecule has 2 heterocycles. The predicted octanol–water partition coefficient (Wildman–Crippen LogP) is 0.798. The molecule has 20 heavy (non-hydrogen) atoms. The van der Waals surface area contributed by atoms with E-state index in [9.17, 15) is 9.59 Å². The minimum absolute atomic E-state index is 0.0521. The molecule has 2 amide bonds. The molecule has 1 unspecified atom stereocenters.